The first-order valence-electron chi connectivity index (χ1n) is 9.15. The molecule has 1 heterocycles. The van der Waals surface area contributed by atoms with Gasteiger partial charge in [0.2, 0.25) is 5.91 Å². The molecular formula is C20H27NO4. The lowest BCUT2D eigenvalue weighted by molar-refractivity contribution is -0.127. The molecule has 2 fully saturated rings. The minimum atomic E-state index is -0.273. The van der Waals surface area contributed by atoms with Crippen molar-refractivity contribution < 1.29 is 19.4 Å². The molecule has 0 bridgehead atoms. The van der Waals surface area contributed by atoms with Crippen LogP contribution < -0.4 is 9.47 Å². The Balaban J connectivity index is 1.65. The molecule has 1 N–H and O–H groups in total. The third-order valence-corrected chi connectivity index (χ3v) is 4.98. The number of nitrogens with zero attached hydrogens (tertiary/aromatic N) is 1. The highest BCUT2D eigenvalue weighted by Crippen LogP contribution is 2.32. The molecule has 5 nitrogen and oxygen atoms in total. The predicted octanol–water partition coefficient (Wildman–Crippen LogP) is 3.01. The van der Waals surface area contributed by atoms with Crippen LogP contribution in [0.25, 0.3) is 6.08 Å². The zero-order valence-corrected chi connectivity index (χ0v) is 14.8. The third-order valence-electron chi connectivity index (χ3n) is 4.98. The first-order chi connectivity index (χ1) is 12.2. The summed E-state index contributed by atoms with van der Waals surface area (Å²) in [5, 5.41) is 9.53. The zero-order valence-electron chi connectivity index (χ0n) is 14.8. The molecular weight excluding hydrogens is 318 g/mol. The van der Waals surface area contributed by atoms with Crippen molar-refractivity contribution in [1.82, 2.24) is 4.90 Å². The van der Waals surface area contributed by atoms with E-state index in [2.05, 4.69) is 0 Å². The van der Waals surface area contributed by atoms with Gasteiger partial charge in [-0.1, -0.05) is 6.07 Å². The van der Waals surface area contributed by atoms with E-state index in [1.807, 2.05) is 24.3 Å². The molecule has 1 saturated heterocycles. The van der Waals surface area contributed by atoms with Crippen LogP contribution in [0, 0.1) is 0 Å². The fourth-order valence-electron chi connectivity index (χ4n) is 3.43. The highest BCUT2D eigenvalue weighted by molar-refractivity contribution is 5.91. The average molecular weight is 345 g/mol. The molecule has 0 unspecified atom stereocenters. The molecule has 1 saturated carbocycles. The van der Waals surface area contributed by atoms with Crippen LogP contribution >= 0.6 is 0 Å². The molecule has 0 aromatic heterocycles. The number of carbonyl (C=O) groups is 1. The summed E-state index contributed by atoms with van der Waals surface area (Å²) in [5.41, 5.74) is 0.916. The van der Waals surface area contributed by atoms with Gasteiger partial charge in [-0.15, -0.1) is 0 Å². The number of hydrogen-bond acceptors (Lipinski definition) is 4. The van der Waals surface area contributed by atoms with Crippen molar-refractivity contribution >= 4 is 12.0 Å². The van der Waals surface area contributed by atoms with Gasteiger partial charge in [0.15, 0.2) is 11.5 Å². The van der Waals surface area contributed by atoms with E-state index in [-0.39, 0.29) is 18.1 Å². The fourth-order valence-corrected chi connectivity index (χ4v) is 3.43. The molecule has 1 aromatic carbocycles. The normalized spacial score (nSPS) is 19.5. The quantitative estimate of drug-likeness (QED) is 0.834. The highest BCUT2D eigenvalue weighted by Gasteiger charge is 2.20. The van der Waals surface area contributed by atoms with Gasteiger partial charge in [-0.05, 0) is 62.3 Å². The standard InChI is InChI=1S/C20H27NO4/c1-24-18-8-6-15(14-19(18)25-17-4-2-3-5-17)7-9-20(23)21-12-10-16(22)11-13-21/h6-9,14,16-17,22H,2-5,10-13H2,1H3/b9-7+. The lowest BCUT2D eigenvalue weighted by Gasteiger charge is -2.28. The Bertz CT molecular complexity index is 614. The summed E-state index contributed by atoms with van der Waals surface area (Å²) in [4.78, 5) is 14.0. The Labute approximate surface area is 149 Å². The number of benzene rings is 1. The molecule has 1 aliphatic carbocycles. The molecule has 1 amide bonds. The van der Waals surface area contributed by atoms with Crippen molar-refractivity contribution in [1.29, 1.82) is 0 Å². The fraction of sp³-hybridized carbons (Fsp3) is 0.550. The van der Waals surface area contributed by atoms with Crippen molar-refractivity contribution in [3.63, 3.8) is 0 Å². The van der Waals surface area contributed by atoms with E-state index in [1.54, 1.807) is 18.1 Å². The summed E-state index contributed by atoms with van der Waals surface area (Å²) in [6.07, 6.45) is 9.30. The molecule has 0 radical (unpaired) electrons. The van der Waals surface area contributed by atoms with Gasteiger partial charge in [-0.25, -0.2) is 0 Å². The van der Waals surface area contributed by atoms with Gasteiger partial charge in [0.25, 0.3) is 0 Å². The predicted molar refractivity (Wildman–Crippen MR) is 96.7 cm³/mol. The molecule has 3 rings (SSSR count). The lowest BCUT2D eigenvalue weighted by Crippen LogP contribution is -2.39. The van der Waals surface area contributed by atoms with E-state index in [4.69, 9.17) is 9.47 Å². The summed E-state index contributed by atoms with van der Waals surface area (Å²) < 4.78 is 11.5. The summed E-state index contributed by atoms with van der Waals surface area (Å²) in [6.45, 7) is 1.23. The van der Waals surface area contributed by atoms with Crippen molar-refractivity contribution in [2.45, 2.75) is 50.7 Å². The van der Waals surface area contributed by atoms with E-state index in [1.165, 1.54) is 12.8 Å². The number of likely N-dealkylation sites (tertiary alicyclic amines) is 1. The number of rotatable bonds is 5. The number of carbonyl (C=O) groups excluding carboxylic acids is 1. The maximum absolute atomic E-state index is 12.3. The number of aliphatic hydroxyl groups excluding tert-OH is 1. The summed E-state index contributed by atoms with van der Waals surface area (Å²) in [7, 11) is 1.64. The Kier molecular flexibility index (Phi) is 5.97. The Morgan fingerprint density at radius 1 is 1.16 bits per heavy atom. The topological polar surface area (TPSA) is 59.0 Å². The number of piperidine rings is 1. The van der Waals surface area contributed by atoms with Gasteiger partial charge in [0.05, 0.1) is 19.3 Å². The van der Waals surface area contributed by atoms with E-state index in [9.17, 15) is 9.90 Å². The molecule has 1 aliphatic heterocycles. The smallest absolute Gasteiger partial charge is 0.246 e. The Hall–Kier alpha value is -2.01. The Morgan fingerprint density at radius 2 is 1.88 bits per heavy atom. The van der Waals surface area contributed by atoms with E-state index >= 15 is 0 Å². The number of hydrogen-bond donors (Lipinski definition) is 1. The van der Waals surface area contributed by atoms with Gasteiger partial charge >= 0.3 is 0 Å². The number of methoxy groups -OCH3 is 1. The van der Waals surface area contributed by atoms with Gasteiger partial charge in [0.1, 0.15) is 0 Å². The average Bonchev–Trinajstić information content (AvgIpc) is 3.13. The zero-order chi connectivity index (χ0) is 17.6. The van der Waals surface area contributed by atoms with Gasteiger partial charge in [-0.3, -0.25) is 4.79 Å². The number of aliphatic hydroxyl groups is 1. The first kappa shape index (κ1) is 17.8. The van der Waals surface area contributed by atoms with Gasteiger partial charge in [0, 0.05) is 19.2 Å². The summed E-state index contributed by atoms with van der Waals surface area (Å²) in [5.74, 6) is 1.45. The summed E-state index contributed by atoms with van der Waals surface area (Å²) >= 11 is 0. The second-order valence-corrected chi connectivity index (χ2v) is 6.82. The van der Waals surface area contributed by atoms with Crippen LogP contribution in [-0.2, 0) is 4.79 Å². The minimum Gasteiger partial charge on any atom is -0.493 e. The second kappa shape index (κ2) is 8.39. The van der Waals surface area contributed by atoms with E-state index in [0.717, 1.165) is 29.9 Å². The summed E-state index contributed by atoms with van der Waals surface area (Å²) in [6, 6.07) is 5.73. The van der Waals surface area contributed by atoms with Crippen molar-refractivity contribution in [2.75, 3.05) is 20.2 Å². The Morgan fingerprint density at radius 3 is 2.56 bits per heavy atom. The van der Waals surface area contributed by atoms with Crippen LogP contribution in [0.3, 0.4) is 0 Å². The van der Waals surface area contributed by atoms with Gasteiger partial charge < -0.3 is 19.5 Å². The van der Waals surface area contributed by atoms with Crippen LogP contribution in [0.15, 0.2) is 24.3 Å². The highest BCUT2D eigenvalue weighted by atomic mass is 16.5. The molecule has 2 aliphatic rings. The molecule has 0 spiro atoms. The number of ether oxygens (including phenoxy) is 2. The van der Waals surface area contributed by atoms with Crippen LogP contribution in [0.2, 0.25) is 0 Å². The maximum Gasteiger partial charge on any atom is 0.246 e. The molecule has 0 atom stereocenters. The SMILES string of the molecule is COc1ccc(/C=C/C(=O)N2CCC(O)CC2)cc1OC1CCCC1. The largest absolute Gasteiger partial charge is 0.493 e. The maximum atomic E-state index is 12.3. The van der Waals surface area contributed by atoms with Crippen molar-refractivity contribution in [3.05, 3.63) is 29.8 Å². The van der Waals surface area contributed by atoms with E-state index in [0.29, 0.717) is 25.9 Å². The number of amides is 1. The minimum absolute atomic E-state index is 0.0130. The second-order valence-electron chi connectivity index (χ2n) is 6.82. The van der Waals surface area contributed by atoms with Crippen LogP contribution in [0.1, 0.15) is 44.1 Å². The molecule has 5 heteroatoms. The molecule has 25 heavy (non-hydrogen) atoms. The van der Waals surface area contributed by atoms with Crippen LogP contribution in [0.5, 0.6) is 11.5 Å². The molecule has 1 aromatic rings. The van der Waals surface area contributed by atoms with E-state index < -0.39 is 0 Å². The molecule has 136 valence electrons. The van der Waals surface area contributed by atoms with Crippen LogP contribution in [0.4, 0.5) is 0 Å². The lowest BCUT2D eigenvalue weighted by atomic mass is 10.1. The van der Waals surface area contributed by atoms with Gasteiger partial charge in [-0.2, -0.15) is 0 Å². The van der Waals surface area contributed by atoms with Crippen molar-refractivity contribution in [2.24, 2.45) is 0 Å². The third kappa shape index (κ3) is 4.75. The first-order valence-corrected chi connectivity index (χ1v) is 9.15. The van der Waals surface area contributed by atoms with Crippen LogP contribution in [-0.4, -0.2) is 48.3 Å². The van der Waals surface area contributed by atoms with Crippen molar-refractivity contribution in [3.8, 4) is 11.5 Å². The monoisotopic (exact) mass is 345 g/mol.